The van der Waals surface area contributed by atoms with Crippen LogP contribution in [0.5, 0.6) is 11.5 Å². The molecule has 2 amide bonds. The van der Waals surface area contributed by atoms with Gasteiger partial charge < -0.3 is 20.5 Å². The molecule has 0 aliphatic rings. The molecule has 162 valence electrons. The van der Waals surface area contributed by atoms with Gasteiger partial charge >= 0.3 is 6.03 Å². The molecule has 8 nitrogen and oxygen atoms in total. The Morgan fingerprint density at radius 2 is 1.61 bits per heavy atom. The second-order valence-electron chi connectivity index (χ2n) is 6.15. The molecule has 0 unspecified atom stereocenters. The van der Waals surface area contributed by atoms with Crippen molar-refractivity contribution in [1.29, 1.82) is 0 Å². The smallest absolute Gasteiger partial charge is 0.323 e. The number of carbonyl (C=O) groups is 1. The number of amides is 2. The van der Waals surface area contributed by atoms with Crippen molar-refractivity contribution >= 4 is 56.3 Å². The number of carbonyl (C=O) groups excluding carboxylic acids is 1. The Balaban J connectivity index is 1.91. The van der Waals surface area contributed by atoms with Crippen molar-refractivity contribution in [2.75, 3.05) is 22.5 Å². The van der Waals surface area contributed by atoms with E-state index in [-0.39, 0.29) is 32.9 Å². The molecule has 0 fully saturated rings. The Bertz CT molecular complexity index is 1220. The summed E-state index contributed by atoms with van der Waals surface area (Å²) in [5.41, 5.74) is 0.360. The number of benzene rings is 3. The molecule has 0 aromatic heterocycles. The topological polar surface area (TPSA) is 117 Å². The number of methoxy groups -OCH3 is 1. The Hall–Kier alpha value is -3.14. The van der Waals surface area contributed by atoms with Crippen LogP contribution in [-0.4, -0.2) is 26.7 Å². The van der Waals surface area contributed by atoms with Gasteiger partial charge in [-0.2, -0.15) is 0 Å². The summed E-state index contributed by atoms with van der Waals surface area (Å²) in [6.45, 7) is 0. The van der Waals surface area contributed by atoms with Crippen LogP contribution >= 0.6 is 23.2 Å². The SMILES string of the molecule is COc1ccc(NC(=O)Nc2cccc(Cl)c2Cl)c(O)c1S(=O)(=O)Nc1ccccc1. The van der Waals surface area contributed by atoms with Gasteiger partial charge in [-0.15, -0.1) is 0 Å². The van der Waals surface area contributed by atoms with Gasteiger partial charge in [0.15, 0.2) is 10.6 Å². The zero-order valence-corrected chi connectivity index (χ0v) is 18.3. The van der Waals surface area contributed by atoms with Crippen LogP contribution in [0.4, 0.5) is 21.9 Å². The molecular formula is C20H17Cl2N3O5S. The fraction of sp³-hybridized carbons (Fsp3) is 0.0500. The maximum atomic E-state index is 12.9. The van der Waals surface area contributed by atoms with Gasteiger partial charge in [-0.3, -0.25) is 4.72 Å². The van der Waals surface area contributed by atoms with Gasteiger partial charge in [-0.25, -0.2) is 13.2 Å². The Morgan fingerprint density at radius 1 is 0.935 bits per heavy atom. The average Bonchev–Trinajstić information content (AvgIpc) is 2.73. The van der Waals surface area contributed by atoms with E-state index >= 15 is 0 Å². The van der Waals surface area contributed by atoms with E-state index in [4.69, 9.17) is 27.9 Å². The van der Waals surface area contributed by atoms with Crippen molar-refractivity contribution in [3.8, 4) is 11.5 Å². The van der Waals surface area contributed by atoms with E-state index in [0.29, 0.717) is 0 Å². The molecule has 0 heterocycles. The molecule has 11 heteroatoms. The number of urea groups is 1. The lowest BCUT2D eigenvalue weighted by Gasteiger charge is -2.16. The third-order valence-electron chi connectivity index (χ3n) is 4.06. The minimum absolute atomic E-state index is 0.107. The molecule has 0 aliphatic heterocycles. The first-order valence-corrected chi connectivity index (χ1v) is 11.0. The molecule has 0 saturated heterocycles. The first kappa shape index (κ1) is 22.5. The lowest BCUT2D eigenvalue weighted by Crippen LogP contribution is -2.20. The summed E-state index contributed by atoms with van der Waals surface area (Å²) in [5.74, 6) is -0.806. The Labute approximate surface area is 188 Å². The molecule has 3 aromatic rings. The summed E-state index contributed by atoms with van der Waals surface area (Å²) in [4.78, 5) is 11.8. The van der Waals surface area contributed by atoms with Gasteiger partial charge in [-0.05, 0) is 36.4 Å². The number of hydrogen-bond acceptors (Lipinski definition) is 5. The molecule has 4 N–H and O–H groups in total. The Kier molecular flexibility index (Phi) is 6.79. The van der Waals surface area contributed by atoms with Crippen molar-refractivity contribution in [3.05, 3.63) is 70.7 Å². The monoisotopic (exact) mass is 481 g/mol. The van der Waals surface area contributed by atoms with E-state index in [1.54, 1.807) is 42.5 Å². The van der Waals surface area contributed by atoms with Crippen LogP contribution < -0.4 is 20.1 Å². The minimum atomic E-state index is -4.25. The van der Waals surface area contributed by atoms with Crippen molar-refractivity contribution < 1.29 is 23.1 Å². The lowest BCUT2D eigenvalue weighted by atomic mass is 10.2. The summed E-state index contributed by atoms with van der Waals surface area (Å²) in [6, 6.07) is 14.6. The van der Waals surface area contributed by atoms with Crippen LogP contribution in [-0.2, 0) is 10.0 Å². The number of para-hydroxylation sites is 1. The fourth-order valence-electron chi connectivity index (χ4n) is 2.66. The molecule has 0 bridgehead atoms. The number of anilines is 3. The summed E-state index contributed by atoms with van der Waals surface area (Å²) in [5, 5.41) is 15.9. The number of phenolic OH excluding ortho intramolecular Hbond substituents is 1. The molecule has 3 aromatic carbocycles. The molecule has 0 aliphatic carbocycles. The average molecular weight is 482 g/mol. The van der Waals surface area contributed by atoms with E-state index in [1.165, 1.54) is 25.3 Å². The number of phenols is 1. The van der Waals surface area contributed by atoms with Crippen LogP contribution in [0, 0.1) is 0 Å². The van der Waals surface area contributed by atoms with Gasteiger partial charge in [0.25, 0.3) is 10.0 Å². The number of aromatic hydroxyl groups is 1. The molecule has 3 rings (SSSR count). The summed E-state index contributed by atoms with van der Waals surface area (Å²) < 4.78 is 33.3. The maximum absolute atomic E-state index is 12.9. The van der Waals surface area contributed by atoms with E-state index in [9.17, 15) is 18.3 Å². The first-order valence-electron chi connectivity index (χ1n) is 8.73. The standard InChI is InChI=1S/C20H17Cl2N3O5S/c1-30-16-11-10-15(24-20(27)23-14-9-5-8-13(21)17(14)22)18(26)19(16)31(28,29)25-12-6-3-2-4-7-12/h2-11,25-26H,1H3,(H2,23,24,27). The highest BCUT2D eigenvalue weighted by Crippen LogP contribution is 2.39. The summed E-state index contributed by atoms with van der Waals surface area (Å²) in [7, 11) is -2.99. The van der Waals surface area contributed by atoms with E-state index in [1.807, 2.05) is 0 Å². The van der Waals surface area contributed by atoms with Crippen LogP contribution in [0.1, 0.15) is 0 Å². The third kappa shape index (κ3) is 5.13. The summed E-state index contributed by atoms with van der Waals surface area (Å²) in [6.07, 6.45) is 0. The minimum Gasteiger partial charge on any atom is -0.504 e. The molecule has 31 heavy (non-hydrogen) atoms. The number of hydrogen-bond donors (Lipinski definition) is 4. The number of sulfonamides is 1. The van der Waals surface area contributed by atoms with Crippen LogP contribution in [0.2, 0.25) is 10.0 Å². The normalized spacial score (nSPS) is 10.9. The third-order valence-corrected chi connectivity index (χ3v) is 6.31. The maximum Gasteiger partial charge on any atom is 0.323 e. The zero-order valence-electron chi connectivity index (χ0n) is 16.0. The fourth-order valence-corrected chi connectivity index (χ4v) is 4.34. The van der Waals surface area contributed by atoms with E-state index in [0.717, 1.165) is 0 Å². The van der Waals surface area contributed by atoms with Crippen molar-refractivity contribution in [1.82, 2.24) is 0 Å². The quantitative estimate of drug-likeness (QED) is 0.363. The summed E-state index contributed by atoms with van der Waals surface area (Å²) >= 11 is 12.0. The second-order valence-corrected chi connectivity index (χ2v) is 8.55. The van der Waals surface area contributed by atoms with Crippen molar-refractivity contribution in [2.45, 2.75) is 4.90 Å². The number of nitrogens with one attached hydrogen (secondary N) is 3. The highest BCUT2D eigenvalue weighted by atomic mass is 35.5. The van der Waals surface area contributed by atoms with Crippen molar-refractivity contribution in [3.63, 3.8) is 0 Å². The van der Waals surface area contributed by atoms with Gasteiger partial charge in [0, 0.05) is 5.69 Å². The van der Waals surface area contributed by atoms with Crippen LogP contribution in [0.25, 0.3) is 0 Å². The predicted molar refractivity (Wildman–Crippen MR) is 121 cm³/mol. The highest BCUT2D eigenvalue weighted by molar-refractivity contribution is 7.93. The van der Waals surface area contributed by atoms with Crippen molar-refractivity contribution in [2.24, 2.45) is 0 Å². The van der Waals surface area contributed by atoms with E-state index < -0.39 is 26.7 Å². The lowest BCUT2D eigenvalue weighted by molar-refractivity contribution is 0.262. The molecule has 0 spiro atoms. The number of halogens is 2. The molecular weight excluding hydrogens is 465 g/mol. The first-order chi connectivity index (χ1) is 14.7. The van der Waals surface area contributed by atoms with Gasteiger partial charge in [-0.1, -0.05) is 47.5 Å². The van der Waals surface area contributed by atoms with Crippen LogP contribution in [0.15, 0.2) is 65.6 Å². The zero-order chi connectivity index (χ0) is 22.6. The number of rotatable bonds is 6. The predicted octanol–water partition coefficient (Wildman–Crippen LogP) is 5.15. The van der Waals surface area contributed by atoms with Crippen LogP contribution in [0.3, 0.4) is 0 Å². The molecule has 0 saturated carbocycles. The largest absolute Gasteiger partial charge is 0.504 e. The van der Waals surface area contributed by atoms with Gasteiger partial charge in [0.2, 0.25) is 0 Å². The second kappa shape index (κ2) is 9.34. The number of ether oxygens (including phenoxy) is 1. The van der Waals surface area contributed by atoms with E-state index in [2.05, 4.69) is 15.4 Å². The highest BCUT2D eigenvalue weighted by Gasteiger charge is 2.27. The Morgan fingerprint density at radius 3 is 2.29 bits per heavy atom. The molecule has 0 atom stereocenters. The molecule has 0 radical (unpaired) electrons. The van der Waals surface area contributed by atoms with Gasteiger partial charge in [0.05, 0.1) is 28.5 Å². The van der Waals surface area contributed by atoms with Gasteiger partial charge in [0.1, 0.15) is 5.75 Å².